The fourth-order valence-corrected chi connectivity index (χ4v) is 2.77. The van der Waals surface area contributed by atoms with E-state index in [9.17, 15) is 4.79 Å². The number of ether oxygens (including phenoxy) is 1. The highest BCUT2D eigenvalue weighted by Crippen LogP contribution is 2.21. The molecule has 0 aliphatic rings. The van der Waals surface area contributed by atoms with Crippen LogP contribution in [-0.2, 0) is 11.2 Å². The van der Waals surface area contributed by atoms with E-state index < -0.39 is 0 Å². The van der Waals surface area contributed by atoms with E-state index in [-0.39, 0.29) is 12.5 Å². The maximum Gasteiger partial charge on any atom is 0.257 e. The number of nitrogens with zero attached hydrogens (tertiary/aromatic N) is 2. The van der Waals surface area contributed by atoms with Crippen LogP contribution in [0.3, 0.4) is 0 Å². The number of fused-ring (bicyclic) bond motifs is 1. The van der Waals surface area contributed by atoms with Gasteiger partial charge >= 0.3 is 0 Å². The maximum absolute atomic E-state index is 11.8. The minimum absolute atomic E-state index is 0.0172. The van der Waals surface area contributed by atoms with Gasteiger partial charge in [0.2, 0.25) is 0 Å². The first-order valence-corrected chi connectivity index (χ1v) is 8.14. The summed E-state index contributed by atoms with van der Waals surface area (Å²) in [6, 6.07) is 10.9. The van der Waals surface area contributed by atoms with Crippen molar-refractivity contribution in [2.75, 3.05) is 13.2 Å². The monoisotopic (exact) mass is 363 g/mol. The fourth-order valence-electron chi connectivity index (χ4n) is 2.24. The van der Waals surface area contributed by atoms with Crippen molar-refractivity contribution in [2.45, 2.75) is 6.42 Å². The molecule has 2 heterocycles. The molecular weight excluding hydrogens is 349 g/mol. The van der Waals surface area contributed by atoms with Crippen molar-refractivity contribution in [1.82, 2.24) is 14.7 Å². The largest absolute Gasteiger partial charge is 0.484 e. The molecule has 0 atom stereocenters. The van der Waals surface area contributed by atoms with Crippen LogP contribution in [0.15, 0.2) is 48.8 Å². The summed E-state index contributed by atoms with van der Waals surface area (Å²) >= 11 is 12.1. The minimum atomic E-state index is -0.177. The molecule has 0 saturated carbocycles. The number of amides is 1. The highest BCUT2D eigenvalue weighted by Gasteiger charge is 2.08. The Labute approximate surface area is 149 Å². The quantitative estimate of drug-likeness (QED) is 0.730. The molecule has 1 N–H and O–H groups in total. The van der Waals surface area contributed by atoms with E-state index in [2.05, 4.69) is 10.3 Å². The molecule has 0 saturated heterocycles. The molecule has 24 heavy (non-hydrogen) atoms. The van der Waals surface area contributed by atoms with Gasteiger partial charge in [0.15, 0.2) is 12.3 Å². The lowest BCUT2D eigenvalue weighted by Gasteiger charge is -2.06. The number of benzene rings is 1. The molecule has 3 aromatic rings. The molecule has 0 fully saturated rings. The van der Waals surface area contributed by atoms with Gasteiger partial charge in [-0.1, -0.05) is 41.4 Å². The molecule has 2 aromatic heterocycles. The predicted octanol–water partition coefficient (Wildman–Crippen LogP) is 3.38. The Morgan fingerprint density at radius 1 is 1.21 bits per heavy atom. The Hall–Kier alpha value is -2.24. The second kappa shape index (κ2) is 7.55. The first-order chi connectivity index (χ1) is 11.6. The fraction of sp³-hybridized carbons (Fsp3) is 0.176. The normalized spacial score (nSPS) is 10.8. The number of pyridine rings is 1. The van der Waals surface area contributed by atoms with Gasteiger partial charge in [0.05, 0.1) is 15.7 Å². The van der Waals surface area contributed by atoms with Crippen LogP contribution in [-0.4, -0.2) is 28.4 Å². The zero-order valence-electron chi connectivity index (χ0n) is 12.7. The van der Waals surface area contributed by atoms with E-state index >= 15 is 0 Å². The summed E-state index contributed by atoms with van der Waals surface area (Å²) in [5.74, 6) is 0.489. The van der Waals surface area contributed by atoms with Gasteiger partial charge in [-0.25, -0.2) is 4.98 Å². The van der Waals surface area contributed by atoms with Crippen molar-refractivity contribution in [1.29, 1.82) is 0 Å². The lowest BCUT2D eigenvalue weighted by Crippen LogP contribution is -2.30. The number of halogens is 2. The van der Waals surface area contributed by atoms with Crippen LogP contribution in [0.5, 0.6) is 5.75 Å². The van der Waals surface area contributed by atoms with Crippen LogP contribution in [0.25, 0.3) is 5.65 Å². The van der Waals surface area contributed by atoms with Crippen molar-refractivity contribution >= 4 is 34.8 Å². The second-order valence-corrected chi connectivity index (χ2v) is 6.01. The molecule has 1 amide bonds. The highest BCUT2D eigenvalue weighted by atomic mass is 35.5. The first-order valence-electron chi connectivity index (χ1n) is 7.39. The van der Waals surface area contributed by atoms with E-state index in [4.69, 9.17) is 27.9 Å². The molecular formula is C17H15Cl2N3O2. The van der Waals surface area contributed by atoms with E-state index in [0.717, 1.165) is 5.69 Å². The van der Waals surface area contributed by atoms with Gasteiger partial charge in [-0.05, 0) is 18.2 Å². The summed E-state index contributed by atoms with van der Waals surface area (Å²) in [7, 11) is 0. The molecule has 0 spiro atoms. The first kappa shape index (κ1) is 16.6. The van der Waals surface area contributed by atoms with Gasteiger partial charge in [-0.15, -0.1) is 0 Å². The lowest BCUT2D eigenvalue weighted by molar-refractivity contribution is -0.123. The summed E-state index contributed by atoms with van der Waals surface area (Å²) in [5.41, 5.74) is 1.47. The SMILES string of the molecule is O=C(COc1ccccc1)NCCc1cn2cc(Cl)cc(Cl)c2n1. The minimum Gasteiger partial charge on any atom is -0.484 e. The molecule has 0 aliphatic heterocycles. The summed E-state index contributed by atoms with van der Waals surface area (Å²) < 4.78 is 7.16. The van der Waals surface area contributed by atoms with E-state index in [1.807, 2.05) is 24.4 Å². The van der Waals surface area contributed by atoms with E-state index in [0.29, 0.717) is 34.4 Å². The summed E-state index contributed by atoms with van der Waals surface area (Å²) in [4.78, 5) is 16.2. The van der Waals surface area contributed by atoms with E-state index in [1.165, 1.54) is 0 Å². The van der Waals surface area contributed by atoms with Crippen LogP contribution in [0.4, 0.5) is 0 Å². The third kappa shape index (κ3) is 4.19. The average Bonchev–Trinajstić information content (AvgIpc) is 2.97. The summed E-state index contributed by atoms with van der Waals surface area (Å²) in [6.07, 6.45) is 4.18. The van der Waals surface area contributed by atoms with Gasteiger partial charge in [0.25, 0.3) is 5.91 Å². The Kier molecular flexibility index (Phi) is 5.23. The van der Waals surface area contributed by atoms with Gasteiger partial charge in [-0.3, -0.25) is 4.79 Å². The number of hydrogen-bond donors (Lipinski definition) is 1. The molecule has 0 bridgehead atoms. The van der Waals surface area contributed by atoms with Gasteiger partial charge in [-0.2, -0.15) is 0 Å². The number of carbonyl (C=O) groups excluding carboxylic acids is 1. The molecule has 1 aromatic carbocycles. The summed E-state index contributed by atoms with van der Waals surface area (Å²) in [6.45, 7) is 0.447. The van der Waals surface area contributed by atoms with E-state index in [1.54, 1.807) is 28.8 Å². The van der Waals surface area contributed by atoms with Crippen molar-refractivity contribution in [3.63, 3.8) is 0 Å². The third-order valence-electron chi connectivity index (χ3n) is 3.34. The molecule has 7 heteroatoms. The number of hydrogen-bond acceptors (Lipinski definition) is 3. The van der Waals surface area contributed by atoms with Crippen LogP contribution in [0.2, 0.25) is 10.0 Å². The average molecular weight is 364 g/mol. The molecule has 0 unspecified atom stereocenters. The number of carbonyl (C=O) groups is 1. The number of nitrogens with one attached hydrogen (secondary N) is 1. The topological polar surface area (TPSA) is 55.6 Å². The molecule has 0 aliphatic carbocycles. The highest BCUT2D eigenvalue weighted by molar-refractivity contribution is 6.36. The zero-order valence-corrected chi connectivity index (χ0v) is 14.2. The Morgan fingerprint density at radius 3 is 2.79 bits per heavy atom. The Bertz CT molecular complexity index is 850. The number of para-hydroxylation sites is 1. The number of rotatable bonds is 6. The van der Waals surface area contributed by atoms with Crippen LogP contribution in [0, 0.1) is 0 Å². The van der Waals surface area contributed by atoms with Crippen molar-refractivity contribution in [2.24, 2.45) is 0 Å². The predicted molar refractivity (Wildman–Crippen MR) is 93.9 cm³/mol. The number of aromatic nitrogens is 2. The Balaban J connectivity index is 1.49. The maximum atomic E-state index is 11.8. The lowest BCUT2D eigenvalue weighted by atomic mass is 10.3. The number of imidazole rings is 1. The molecule has 124 valence electrons. The van der Waals surface area contributed by atoms with Crippen molar-refractivity contribution < 1.29 is 9.53 Å². The van der Waals surface area contributed by atoms with Crippen LogP contribution < -0.4 is 10.1 Å². The van der Waals surface area contributed by atoms with Crippen LogP contribution >= 0.6 is 23.2 Å². The van der Waals surface area contributed by atoms with Crippen LogP contribution in [0.1, 0.15) is 5.69 Å². The summed E-state index contributed by atoms with van der Waals surface area (Å²) in [5, 5.41) is 3.84. The molecule has 3 rings (SSSR count). The second-order valence-electron chi connectivity index (χ2n) is 5.17. The van der Waals surface area contributed by atoms with Gasteiger partial charge in [0.1, 0.15) is 5.75 Å². The standard InChI is InChI=1S/C17H15Cl2N3O2/c18-12-8-15(19)17-21-13(10-22(17)9-12)6-7-20-16(23)11-24-14-4-2-1-3-5-14/h1-5,8-10H,6-7,11H2,(H,20,23). The molecule has 0 radical (unpaired) electrons. The zero-order chi connectivity index (χ0) is 16.9. The van der Waals surface area contributed by atoms with Crippen molar-refractivity contribution in [3.8, 4) is 5.75 Å². The van der Waals surface area contributed by atoms with Gasteiger partial charge < -0.3 is 14.5 Å². The third-order valence-corrected chi connectivity index (χ3v) is 3.82. The van der Waals surface area contributed by atoms with Gasteiger partial charge in [0, 0.05) is 25.4 Å². The smallest absolute Gasteiger partial charge is 0.257 e. The Morgan fingerprint density at radius 2 is 2.00 bits per heavy atom. The van der Waals surface area contributed by atoms with Crippen molar-refractivity contribution in [3.05, 3.63) is 64.5 Å². The molecule has 5 nitrogen and oxygen atoms in total.